The van der Waals surface area contributed by atoms with Gasteiger partial charge in [-0.15, -0.1) is 0 Å². The molecule has 66 valence electrons. The first-order valence-corrected chi connectivity index (χ1v) is 4.38. The molecule has 2 heteroatoms. The van der Waals surface area contributed by atoms with E-state index in [-0.39, 0.29) is 0 Å². The molecule has 1 aromatic carbocycles. The Kier molecular flexibility index (Phi) is 3.54. The number of nitrogens with zero attached hydrogens (tertiary/aromatic N) is 1. The smallest absolute Gasteiger partial charge is 0.0666 e. The van der Waals surface area contributed by atoms with Crippen molar-refractivity contribution in [2.45, 2.75) is 12.8 Å². The molecule has 1 nitrogen and oxygen atoms in total. The van der Waals surface area contributed by atoms with Gasteiger partial charge in [0.1, 0.15) is 0 Å². The highest BCUT2D eigenvalue weighted by Crippen LogP contribution is 2.13. The van der Waals surface area contributed by atoms with Crippen molar-refractivity contribution in [3.8, 4) is 6.07 Å². The van der Waals surface area contributed by atoms with E-state index in [0.29, 0.717) is 6.42 Å². The molecule has 0 saturated heterocycles. The number of nitriles is 1. The molecule has 0 saturated carbocycles. The molecule has 0 aliphatic carbocycles. The minimum atomic E-state index is 0.419. The van der Waals surface area contributed by atoms with Gasteiger partial charge in [-0.2, -0.15) is 5.26 Å². The molecule has 0 heterocycles. The fourth-order valence-corrected chi connectivity index (χ4v) is 1.19. The van der Waals surface area contributed by atoms with Crippen LogP contribution < -0.4 is 0 Å². The highest BCUT2D eigenvalue weighted by molar-refractivity contribution is 6.30. The van der Waals surface area contributed by atoms with Crippen LogP contribution in [0.15, 0.2) is 36.4 Å². The maximum absolute atomic E-state index is 8.43. The van der Waals surface area contributed by atoms with Crippen molar-refractivity contribution in [2.75, 3.05) is 0 Å². The van der Waals surface area contributed by atoms with E-state index in [1.807, 2.05) is 24.3 Å². The monoisotopic (exact) mass is 191 g/mol. The second-order valence-electron chi connectivity index (χ2n) is 2.89. The molecule has 0 fully saturated rings. The van der Waals surface area contributed by atoms with Gasteiger partial charge in [-0.1, -0.05) is 35.9 Å². The van der Waals surface area contributed by atoms with Crippen LogP contribution in [0.25, 0.3) is 0 Å². The standard InChI is InChI=1S/C11H10ClN/c1-9(6-7-13)8-10-2-4-11(12)5-3-10/h2-5H,1,6,8H2. The Morgan fingerprint density at radius 1 is 1.38 bits per heavy atom. The molecule has 0 aromatic heterocycles. The zero-order valence-electron chi connectivity index (χ0n) is 7.26. The summed E-state index contributed by atoms with van der Waals surface area (Å²) >= 11 is 5.73. The van der Waals surface area contributed by atoms with Gasteiger partial charge in [-0.3, -0.25) is 0 Å². The van der Waals surface area contributed by atoms with Crippen molar-refractivity contribution < 1.29 is 0 Å². The molecular weight excluding hydrogens is 182 g/mol. The lowest BCUT2D eigenvalue weighted by Gasteiger charge is -2.01. The molecule has 0 atom stereocenters. The lowest BCUT2D eigenvalue weighted by atomic mass is 10.1. The lowest BCUT2D eigenvalue weighted by Crippen LogP contribution is -1.87. The van der Waals surface area contributed by atoms with Gasteiger partial charge >= 0.3 is 0 Å². The molecule has 1 rings (SSSR count). The molecular formula is C11H10ClN. The van der Waals surface area contributed by atoms with Gasteiger partial charge in [0, 0.05) is 5.02 Å². The number of rotatable bonds is 3. The molecule has 0 bridgehead atoms. The molecule has 13 heavy (non-hydrogen) atoms. The van der Waals surface area contributed by atoms with Gasteiger partial charge in [-0.25, -0.2) is 0 Å². The third-order valence-electron chi connectivity index (χ3n) is 1.70. The first kappa shape index (κ1) is 9.83. The fourth-order valence-electron chi connectivity index (χ4n) is 1.07. The van der Waals surface area contributed by atoms with Crippen LogP contribution in [0.3, 0.4) is 0 Å². The van der Waals surface area contributed by atoms with Crippen molar-refractivity contribution >= 4 is 11.6 Å². The molecule has 0 spiro atoms. The van der Waals surface area contributed by atoms with Crippen LogP contribution in [0.4, 0.5) is 0 Å². The Hall–Kier alpha value is -1.26. The summed E-state index contributed by atoms with van der Waals surface area (Å²) in [5.74, 6) is 0. The average Bonchev–Trinajstić information content (AvgIpc) is 2.09. The molecule has 0 N–H and O–H groups in total. The maximum atomic E-state index is 8.43. The first-order chi connectivity index (χ1) is 6.22. The molecule has 0 radical (unpaired) electrons. The SMILES string of the molecule is C=C(CC#N)Cc1ccc(Cl)cc1. The largest absolute Gasteiger partial charge is 0.198 e. The number of hydrogen-bond acceptors (Lipinski definition) is 1. The van der Waals surface area contributed by atoms with Crippen LogP contribution in [0.5, 0.6) is 0 Å². The highest BCUT2D eigenvalue weighted by atomic mass is 35.5. The van der Waals surface area contributed by atoms with Gasteiger partial charge in [0.2, 0.25) is 0 Å². The number of benzene rings is 1. The summed E-state index contributed by atoms with van der Waals surface area (Å²) in [4.78, 5) is 0. The van der Waals surface area contributed by atoms with E-state index in [2.05, 4.69) is 12.6 Å². The predicted molar refractivity (Wildman–Crippen MR) is 54.5 cm³/mol. The number of hydrogen-bond donors (Lipinski definition) is 0. The van der Waals surface area contributed by atoms with E-state index in [0.717, 1.165) is 22.6 Å². The topological polar surface area (TPSA) is 23.8 Å². The molecule has 1 aromatic rings. The van der Waals surface area contributed by atoms with Crippen LogP contribution in [0.2, 0.25) is 5.02 Å². The van der Waals surface area contributed by atoms with Crippen LogP contribution in [-0.4, -0.2) is 0 Å². The van der Waals surface area contributed by atoms with Gasteiger partial charge < -0.3 is 0 Å². The maximum Gasteiger partial charge on any atom is 0.0666 e. The van der Waals surface area contributed by atoms with Crippen molar-refractivity contribution in [2.24, 2.45) is 0 Å². The van der Waals surface area contributed by atoms with Crippen molar-refractivity contribution in [1.29, 1.82) is 5.26 Å². The van der Waals surface area contributed by atoms with Crippen molar-refractivity contribution in [1.82, 2.24) is 0 Å². The van der Waals surface area contributed by atoms with E-state index in [9.17, 15) is 0 Å². The second kappa shape index (κ2) is 4.69. The number of halogens is 1. The Balaban J connectivity index is 2.60. The molecule has 0 unspecified atom stereocenters. The first-order valence-electron chi connectivity index (χ1n) is 4.00. The Morgan fingerprint density at radius 3 is 2.54 bits per heavy atom. The third kappa shape index (κ3) is 3.31. The van der Waals surface area contributed by atoms with Gasteiger partial charge in [0.15, 0.2) is 0 Å². The van der Waals surface area contributed by atoms with Gasteiger partial charge in [0.05, 0.1) is 12.5 Å². The van der Waals surface area contributed by atoms with E-state index in [1.54, 1.807) is 0 Å². The fraction of sp³-hybridized carbons (Fsp3) is 0.182. The van der Waals surface area contributed by atoms with E-state index >= 15 is 0 Å². The summed E-state index contributed by atoms with van der Waals surface area (Å²) in [5.41, 5.74) is 2.08. The van der Waals surface area contributed by atoms with E-state index in [1.165, 1.54) is 0 Å². The van der Waals surface area contributed by atoms with Crippen LogP contribution in [0, 0.1) is 11.3 Å². The Bertz CT molecular complexity index is 332. The molecule has 0 amide bonds. The zero-order valence-corrected chi connectivity index (χ0v) is 8.01. The summed E-state index contributed by atoms with van der Waals surface area (Å²) in [7, 11) is 0. The summed E-state index contributed by atoms with van der Waals surface area (Å²) in [6, 6.07) is 9.66. The summed E-state index contributed by atoms with van der Waals surface area (Å²) < 4.78 is 0. The predicted octanol–water partition coefficient (Wildman–Crippen LogP) is 3.35. The highest BCUT2D eigenvalue weighted by Gasteiger charge is 1.96. The van der Waals surface area contributed by atoms with Crippen molar-refractivity contribution in [3.05, 3.63) is 47.0 Å². The van der Waals surface area contributed by atoms with Gasteiger partial charge in [-0.05, 0) is 24.1 Å². The van der Waals surface area contributed by atoms with Crippen molar-refractivity contribution in [3.63, 3.8) is 0 Å². The zero-order chi connectivity index (χ0) is 9.68. The number of allylic oxidation sites excluding steroid dienone is 1. The van der Waals surface area contributed by atoms with Crippen LogP contribution >= 0.6 is 11.6 Å². The van der Waals surface area contributed by atoms with Gasteiger partial charge in [0.25, 0.3) is 0 Å². The van der Waals surface area contributed by atoms with E-state index in [4.69, 9.17) is 16.9 Å². The quantitative estimate of drug-likeness (QED) is 0.673. The van der Waals surface area contributed by atoms with E-state index < -0.39 is 0 Å². The Morgan fingerprint density at radius 2 is 2.00 bits per heavy atom. The molecule has 0 aliphatic rings. The average molecular weight is 192 g/mol. The Labute approximate surface area is 83.3 Å². The van der Waals surface area contributed by atoms with Crippen LogP contribution in [0.1, 0.15) is 12.0 Å². The van der Waals surface area contributed by atoms with Crippen LogP contribution in [-0.2, 0) is 6.42 Å². The lowest BCUT2D eigenvalue weighted by molar-refractivity contribution is 1.08. The third-order valence-corrected chi connectivity index (χ3v) is 1.95. The second-order valence-corrected chi connectivity index (χ2v) is 3.32. The minimum absolute atomic E-state index is 0.419. The molecule has 0 aliphatic heterocycles. The summed E-state index contributed by atoms with van der Waals surface area (Å²) in [5, 5.41) is 9.16. The minimum Gasteiger partial charge on any atom is -0.198 e. The summed E-state index contributed by atoms with van der Waals surface area (Å²) in [6.07, 6.45) is 1.17. The normalized spacial score (nSPS) is 9.23. The summed E-state index contributed by atoms with van der Waals surface area (Å²) in [6.45, 7) is 3.81.